The highest BCUT2D eigenvalue weighted by Gasteiger charge is 2.14. The molecule has 0 fully saturated rings. The SMILES string of the molecule is Cc1cc(C(=O)Nc2ccccc2O)ccc1[N+](=O)[O-]. The van der Waals surface area contributed by atoms with Gasteiger partial charge >= 0.3 is 0 Å². The number of nitrogens with zero attached hydrogens (tertiary/aromatic N) is 1. The van der Waals surface area contributed by atoms with Crippen LogP contribution >= 0.6 is 0 Å². The number of nitro benzene ring substituents is 1. The van der Waals surface area contributed by atoms with Crippen LogP contribution < -0.4 is 5.32 Å². The minimum absolute atomic E-state index is 0.0379. The Hall–Kier alpha value is -2.89. The molecule has 102 valence electrons. The molecule has 6 nitrogen and oxygen atoms in total. The first-order valence-electron chi connectivity index (χ1n) is 5.83. The van der Waals surface area contributed by atoms with Gasteiger partial charge in [0, 0.05) is 17.2 Å². The van der Waals surface area contributed by atoms with Gasteiger partial charge in [-0.1, -0.05) is 12.1 Å². The van der Waals surface area contributed by atoms with E-state index in [0.29, 0.717) is 5.56 Å². The van der Waals surface area contributed by atoms with Gasteiger partial charge in [0.2, 0.25) is 0 Å². The van der Waals surface area contributed by atoms with Crippen LogP contribution in [0.5, 0.6) is 5.75 Å². The molecule has 0 aliphatic carbocycles. The van der Waals surface area contributed by atoms with Crippen LogP contribution in [-0.4, -0.2) is 15.9 Å². The summed E-state index contributed by atoms with van der Waals surface area (Å²) in [5, 5.41) is 22.8. The Balaban J connectivity index is 2.24. The summed E-state index contributed by atoms with van der Waals surface area (Å²) < 4.78 is 0. The van der Waals surface area contributed by atoms with E-state index in [2.05, 4.69) is 5.32 Å². The predicted molar refractivity (Wildman–Crippen MR) is 73.9 cm³/mol. The number of phenolic OH excluding ortho intramolecular Hbond substituents is 1. The summed E-state index contributed by atoms with van der Waals surface area (Å²) in [6.07, 6.45) is 0. The van der Waals surface area contributed by atoms with Crippen molar-refractivity contribution in [2.45, 2.75) is 6.92 Å². The summed E-state index contributed by atoms with van der Waals surface area (Å²) in [7, 11) is 0. The highest BCUT2D eigenvalue weighted by atomic mass is 16.6. The standard InChI is InChI=1S/C14H12N2O4/c1-9-8-10(6-7-12(9)16(19)20)14(18)15-11-4-2-3-5-13(11)17/h2-8,17H,1H3,(H,15,18). The van der Waals surface area contributed by atoms with E-state index in [1.165, 1.54) is 24.3 Å². The topological polar surface area (TPSA) is 92.5 Å². The fourth-order valence-electron chi connectivity index (χ4n) is 1.78. The third-order valence-corrected chi connectivity index (χ3v) is 2.81. The highest BCUT2D eigenvalue weighted by molar-refractivity contribution is 6.05. The van der Waals surface area contributed by atoms with Gasteiger partial charge in [0.15, 0.2) is 0 Å². The van der Waals surface area contributed by atoms with Crippen molar-refractivity contribution in [1.82, 2.24) is 0 Å². The monoisotopic (exact) mass is 272 g/mol. The zero-order chi connectivity index (χ0) is 14.7. The second kappa shape index (κ2) is 5.40. The average molecular weight is 272 g/mol. The number of nitrogens with one attached hydrogen (secondary N) is 1. The predicted octanol–water partition coefficient (Wildman–Crippen LogP) is 2.86. The zero-order valence-electron chi connectivity index (χ0n) is 10.7. The number of para-hydroxylation sites is 2. The zero-order valence-corrected chi connectivity index (χ0v) is 10.7. The van der Waals surface area contributed by atoms with Crippen molar-refractivity contribution in [3.63, 3.8) is 0 Å². The molecule has 0 atom stereocenters. The van der Waals surface area contributed by atoms with E-state index in [-0.39, 0.29) is 22.7 Å². The Morgan fingerprint density at radius 3 is 2.55 bits per heavy atom. The largest absolute Gasteiger partial charge is 0.506 e. The van der Waals surface area contributed by atoms with Crippen LogP contribution in [0.15, 0.2) is 42.5 Å². The van der Waals surface area contributed by atoms with E-state index in [4.69, 9.17) is 0 Å². The third kappa shape index (κ3) is 2.74. The molecular formula is C14H12N2O4. The summed E-state index contributed by atoms with van der Waals surface area (Å²) >= 11 is 0. The molecule has 2 N–H and O–H groups in total. The van der Waals surface area contributed by atoms with Crippen LogP contribution in [0.4, 0.5) is 11.4 Å². The van der Waals surface area contributed by atoms with Crippen molar-refractivity contribution < 1.29 is 14.8 Å². The lowest BCUT2D eigenvalue weighted by molar-refractivity contribution is -0.385. The van der Waals surface area contributed by atoms with Crippen molar-refractivity contribution in [2.24, 2.45) is 0 Å². The Kier molecular flexibility index (Phi) is 3.65. The number of anilines is 1. The first-order valence-corrected chi connectivity index (χ1v) is 5.83. The highest BCUT2D eigenvalue weighted by Crippen LogP contribution is 2.23. The normalized spacial score (nSPS) is 10.1. The maximum atomic E-state index is 12.0. The number of aryl methyl sites for hydroxylation is 1. The minimum Gasteiger partial charge on any atom is -0.506 e. The molecule has 0 spiro atoms. The molecule has 6 heteroatoms. The van der Waals surface area contributed by atoms with Crippen molar-refractivity contribution in [3.8, 4) is 5.75 Å². The van der Waals surface area contributed by atoms with Gasteiger partial charge in [-0.15, -0.1) is 0 Å². The molecule has 0 heterocycles. The Labute approximate surface area is 114 Å². The Morgan fingerprint density at radius 2 is 1.95 bits per heavy atom. The van der Waals surface area contributed by atoms with Crippen LogP contribution in [0.3, 0.4) is 0 Å². The number of carbonyl (C=O) groups excluding carboxylic acids is 1. The van der Waals surface area contributed by atoms with Gasteiger partial charge in [0.1, 0.15) is 5.75 Å². The Morgan fingerprint density at radius 1 is 1.25 bits per heavy atom. The van der Waals surface area contributed by atoms with Gasteiger partial charge in [-0.2, -0.15) is 0 Å². The third-order valence-electron chi connectivity index (χ3n) is 2.81. The average Bonchev–Trinajstić information content (AvgIpc) is 2.40. The molecule has 20 heavy (non-hydrogen) atoms. The van der Waals surface area contributed by atoms with Crippen LogP contribution in [0.25, 0.3) is 0 Å². The van der Waals surface area contributed by atoms with Gasteiger partial charge in [-0.05, 0) is 31.2 Å². The van der Waals surface area contributed by atoms with Crippen molar-refractivity contribution in [3.05, 3.63) is 63.7 Å². The molecular weight excluding hydrogens is 260 g/mol. The number of hydrogen-bond donors (Lipinski definition) is 2. The van der Waals surface area contributed by atoms with Crippen LogP contribution in [-0.2, 0) is 0 Å². The van der Waals surface area contributed by atoms with E-state index in [9.17, 15) is 20.0 Å². The first kappa shape index (κ1) is 13.5. The van der Waals surface area contributed by atoms with E-state index in [1.807, 2.05) is 0 Å². The lowest BCUT2D eigenvalue weighted by Crippen LogP contribution is -2.12. The molecule has 1 amide bonds. The molecule has 0 saturated heterocycles. The smallest absolute Gasteiger partial charge is 0.272 e. The summed E-state index contributed by atoms with van der Waals surface area (Å²) in [6.45, 7) is 1.56. The van der Waals surface area contributed by atoms with Crippen LogP contribution in [0.2, 0.25) is 0 Å². The second-order valence-electron chi connectivity index (χ2n) is 4.23. The van der Waals surface area contributed by atoms with Gasteiger partial charge in [0.05, 0.1) is 10.6 Å². The number of hydrogen-bond acceptors (Lipinski definition) is 4. The van der Waals surface area contributed by atoms with Crippen molar-refractivity contribution in [2.75, 3.05) is 5.32 Å². The van der Waals surface area contributed by atoms with Crippen molar-refractivity contribution in [1.29, 1.82) is 0 Å². The summed E-state index contributed by atoms with van der Waals surface area (Å²) in [6, 6.07) is 10.4. The number of rotatable bonds is 3. The molecule has 0 unspecified atom stereocenters. The van der Waals surface area contributed by atoms with E-state index < -0.39 is 10.8 Å². The van der Waals surface area contributed by atoms with Crippen LogP contribution in [0, 0.1) is 17.0 Å². The van der Waals surface area contributed by atoms with Gasteiger partial charge in [-0.25, -0.2) is 0 Å². The lowest BCUT2D eigenvalue weighted by atomic mass is 10.1. The van der Waals surface area contributed by atoms with E-state index in [1.54, 1.807) is 25.1 Å². The molecule has 0 aliphatic heterocycles. The Bertz CT molecular complexity index is 683. The molecule has 0 aliphatic rings. The second-order valence-corrected chi connectivity index (χ2v) is 4.23. The molecule has 2 aromatic carbocycles. The maximum Gasteiger partial charge on any atom is 0.272 e. The van der Waals surface area contributed by atoms with Crippen molar-refractivity contribution >= 4 is 17.3 Å². The molecule has 2 aromatic rings. The minimum atomic E-state index is -0.500. The molecule has 0 radical (unpaired) electrons. The summed E-state index contributed by atoms with van der Waals surface area (Å²) in [4.78, 5) is 22.2. The number of amides is 1. The fraction of sp³-hybridized carbons (Fsp3) is 0.0714. The fourth-order valence-corrected chi connectivity index (χ4v) is 1.78. The maximum absolute atomic E-state index is 12.0. The number of nitro groups is 1. The number of aromatic hydroxyl groups is 1. The lowest BCUT2D eigenvalue weighted by Gasteiger charge is -2.07. The van der Waals surface area contributed by atoms with Gasteiger partial charge < -0.3 is 10.4 Å². The number of carbonyl (C=O) groups is 1. The number of benzene rings is 2. The van der Waals surface area contributed by atoms with Gasteiger partial charge in [-0.3, -0.25) is 14.9 Å². The molecule has 0 bridgehead atoms. The summed E-state index contributed by atoms with van der Waals surface area (Å²) in [5.74, 6) is -0.482. The van der Waals surface area contributed by atoms with Crippen LogP contribution in [0.1, 0.15) is 15.9 Å². The quantitative estimate of drug-likeness (QED) is 0.510. The van der Waals surface area contributed by atoms with E-state index in [0.717, 1.165) is 0 Å². The molecule has 0 aromatic heterocycles. The molecule has 2 rings (SSSR count). The molecule has 0 saturated carbocycles. The number of phenols is 1. The summed E-state index contributed by atoms with van der Waals surface area (Å²) in [5.41, 5.74) is 0.939. The first-order chi connectivity index (χ1) is 9.49. The van der Waals surface area contributed by atoms with Gasteiger partial charge in [0.25, 0.3) is 11.6 Å². The van der Waals surface area contributed by atoms with E-state index >= 15 is 0 Å².